The van der Waals surface area contributed by atoms with Crippen molar-refractivity contribution in [2.45, 2.75) is 6.54 Å². The fourth-order valence-corrected chi connectivity index (χ4v) is 1.63. The molecular weight excluding hydrogens is 266 g/mol. The molecule has 0 aliphatic carbocycles. The van der Waals surface area contributed by atoms with Crippen LogP contribution in [0.25, 0.3) is 0 Å². The molecule has 0 bridgehead atoms. The van der Waals surface area contributed by atoms with E-state index in [-0.39, 0.29) is 22.8 Å². The summed E-state index contributed by atoms with van der Waals surface area (Å²) in [5.41, 5.74) is 1.89. The number of carbonyl (C=O) groups excluding carboxylic acids is 1. The van der Waals surface area contributed by atoms with Crippen molar-refractivity contribution in [3.8, 4) is 0 Å². The Kier molecular flexibility index (Phi) is 4.03. The van der Waals surface area contributed by atoms with E-state index in [0.717, 1.165) is 0 Å². The van der Waals surface area contributed by atoms with E-state index >= 15 is 0 Å². The Labute approximate surface area is 95.8 Å². The summed E-state index contributed by atoms with van der Waals surface area (Å²) in [7, 11) is 0. The fraction of sp³-hybridized carbons (Fsp3) is 0.111. The zero-order valence-electron chi connectivity index (χ0n) is 7.22. The van der Waals surface area contributed by atoms with Crippen LogP contribution in [0.4, 0.5) is 0 Å². The first-order chi connectivity index (χ1) is 6.36. The first-order valence-electron chi connectivity index (χ1n) is 3.84. The average molecular weight is 274 g/mol. The molecule has 14 heavy (non-hydrogen) atoms. The summed E-state index contributed by atoms with van der Waals surface area (Å²) in [5.74, 6) is 0.409. The van der Waals surface area contributed by atoms with Gasteiger partial charge in [-0.1, -0.05) is 11.3 Å². The van der Waals surface area contributed by atoms with Gasteiger partial charge in [0.15, 0.2) is 12.0 Å². The predicted octanol–water partition coefficient (Wildman–Crippen LogP) is -1.48. The maximum Gasteiger partial charge on any atom is 0.262 e. The summed E-state index contributed by atoms with van der Waals surface area (Å²) < 4.78 is 6.81. The number of Topliss-reactive ketones (excluding diaryl/α,β-unsaturated/α-hetero) is 1. The number of furan rings is 1. The van der Waals surface area contributed by atoms with Crippen molar-refractivity contribution in [2.75, 3.05) is 0 Å². The minimum atomic E-state index is -0.00611. The highest BCUT2D eigenvalue weighted by atomic mass is 79.9. The SMILES string of the molecule is O=C(C[n+]1ccsc1)c1ccco1.[Br-]. The number of nitrogens with zero attached hydrogens (tertiary/aromatic N) is 1. The minimum Gasteiger partial charge on any atom is -1.00 e. The van der Waals surface area contributed by atoms with Gasteiger partial charge in [0, 0.05) is 0 Å². The Bertz CT molecular complexity index is 383. The third-order valence-electron chi connectivity index (χ3n) is 1.65. The van der Waals surface area contributed by atoms with Crippen LogP contribution in [0.5, 0.6) is 0 Å². The molecule has 3 nitrogen and oxygen atoms in total. The molecule has 0 radical (unpaired) electrons. The summed E-state index contributed by atoms with van der Waals surface area (Å²) in [4.78, 5) is 11.5. The molecule has 0 saturated heterocycles. The van der Waals surface area contributed by atoms with Crippen molar-refractivity contribution in [3.63, 3.8) is 0 Å². The minimum absolute atomic E-state index is 0. The van der Waals surface area contributed by atoms with Crippen molar-refractivity contribution >= 4 is 17.1 Å². The molecule has 2 aromatic rings. The highest BCUT2D eigenvalue weighted by molar-refractivity contribution is 7.07. The van der Waals surface area contributed by atoms with E-state index < -0.39 is 0 Å². The van der Waals surface area contributed by atoms with Crippen molar-refractivity contribution in [2.24, 2.45) is 0 Å². The summed E-state index contributed by atoms with van der Waals surface area (Å²) in [6.45, 7) is 0.344. The van der Waals surface area contributed by atoms with Crippen molar-refractivity contribution < 1.29 is 30.8 Å². The smallest absolute Gasteiger partial charge is 0.262 e. The number of hydrogen-bond acceptors (Lipinski definition) is 3. The first-order valence-corrected chi connectivity index (χ1v) is 4.78. The van der Waals surface area contributed by atoms with E-state index in [0.29, 0.717) is 12.3 Å². The van der Waals surface area contributed by atoms with Crippen LogP contribution < -0.4 is 21.5 Å². The molecule has 0 unspecified atom stereocenters. The second kappa shape index (κ2) is 5.07. The largest absolute Gasteiger partial charge is 1.00 e. The van der Waals surface area contributed by atoms with Crippen LogP contribution in [-0.2, 0) is 6.54 Å². The lowest BCUT2D eigenvalue weighted by Crippen LogP contribution is -3.00. The normalized spacial score (nSPS) is 9.43. The van der Waals surface area contributed by atoms with Gasteiger partial charge in [0.25, 0.3) is 5.78 Å². The highest BCUT2D eigenvalue weighted by Gasteiger charge is 2.14. The van der Waals surface area contributed by atoms with Gasteiger partial charge in [0.2, 0.25) is 12.1 Å². The Morgan fingerprint density at radius 3 is 3.00 bits per heavy atom. The topological polar surface area (TPSA) is 34.1 Å². The molecule has 74 valence electrons. The standard InChI is InChI=1S/C9H8NO2S.BrH/c11-8(9-2-1-4-12-9)6-10-3-5-13-7-10;/h1-5,7H,6H2;1H/q+1;/p-1. The Morgan fingerprint density at radius 2 is 2.43 bits per heavy atom. The first kappa shape index (κ1) is 11.1. The third kappa shape index (κ3) is 2.52. The van der Waals surface area contributed by atoms with Crippen LogP contribution in [0.2, 0.25) is 0 Å². The Morgan fingerprint density at radius 1 is 1.57 bits per heavy atom. The van der Waals surface area contributed by atoms with Crippen LogP contribution in [0.1, 0.15) is 10.6 Å². The Balaban J connectivity index is 0.000000980. The maximum atomic E-state index is 11.5. The fourth-order valence-electron chi connectivity index (χ4n) is 1.03. The van der Waals surface area contributed by atoms with Gasteiger partial charge in [-0.15, -0.1) is 0 Å². The molecule has 5 heteroatoms. The quantitative estimate of drug-likeness (QED) is 0.505. The van der Waals surface area contributed by atoms with Crippen LogP contribution in [0.3, 0.4) is 0 Å². The molecule has 0 N–H and O–H groups in total. The van der Waals surface area contributed by atoms with E-state index in [9.17, 15) is 4.79 Å². The molecule has 0 aliphatic heterocycles. The number of ketones is 1. The van der Waals surface area contributed by atoms with Gasteiger partial charge in [-0.25, -0.2) is 0 Å². The highest BCUT2D eigenvalue weighted by Crippen LogP contribution is 2.01. The molecule has 0 aliphatic rings. The lowest BCUT2D eigenvalue weighted by Gasteiger charge is -1.89. The number of halogens is 1. The van der Waals surface area contributed by atoms with E-state index in [2.05, 4.69) is 0 Å². The zero-order chi connectivity index (χ0) is 9.10. The average Bonchev–Trinajstić information content (AvgIpc) is 2.74. The van der Waals surface area contributed by atoms with Crippen LogP contribution in [0.15, 0.2) is 39.9 Å². The van der Waals surface area contributed by atoms with Gasteiger partial charge in [-0.3, -0.25) is 4.79 Å². The van der Waals surface area contributed by atoms with E-state index in [1.165, 1.54) is 6.26 Å². The predicted molar refractivity (Wildman–Crippen MR) is 47.6 cm³/mol. The van der Waals surface area contributed by atoms with Gasteiger partial charge in [-0.05, 0) is 12.1 Å². The lowest BCUT2D eigenvalue weighted by atomic mass is 10.3. The zero-order valence-corrected chi connectivity index (χ0v) is 9.62. The summed E-state index contributed by atoms with van der Waals surface area (Å²) in [5, 5.41) is 1.93. The second-order valence-corrected chi connectivity index (χ2v) is 3.35. The number of rotatable bonds is 3. The van der Waals surface area contributed by atoms with Gasteiger partial charge in [-0.2, -0.15) is 4.57 Å². The number of thiazole rings is 1. The van der Waals surface area contributed by atoms with Crippen molar-refractivity contribution in [1.29, 1.82) is 0 Å². The number of carbonyl (C=O) groups is 1. The van der Waals surface area contributed by atoms with Gasteiger partial charge < -0.3 is 21.4 Å². The number of hydrogen-bond donors (Lipinski definition) is 0. The Hall–Kier alpha value is -0.940. The molecule has 0 saturated carbocycles. The summed E-state index contributed by atoms with van der Waals surface area (Å²) >= 11 is 1.56. The lowest BCUT2D eigenvalue weighted by molar-refractivity contribution is -0.678. The molecule has 0 amide bonds. The molecule has 2 aromatic heterocycles. The summed E-state index contributed by atoms with van der Waals surface area (Å²) in [6, 6.07) is 3.39. The van der Waals surface area contributed by atoms with Gasteiger partial charge >= 0.3 is 0 Å². The molecule has 0 aromatic carbocycles. The van der Waals surface area contributed by atoms with Crippen LogP contribution in [-0.4, -0.2) is 5.78 Å². The molecule has 2 heterocycles. The molecule has 0 spiro atoms. The van der Waals surface area contributed by atoms with Gasteiger partial charge in [0.05, 0.1) is 11.6 Å². The maximum absolute atomic E-state index is 11.5. The molecule has 2 rings (SSSR count). The van der Waals surface area contributed by atoms with E-state index in [1.54, 1.807) is 23.5 Å². The van der Waals surface area contributed by atoms with E-state index in [4.69, 9.17) is 4.42 Å². The second-order valence-electron chi connectivity index (χ2n) is 2.60. The third-order valence-corrected chi connectivity index (χ3v) is 2.32. The number of aromatic nitrogens is 1. The van der Waals surface area contributed by atoms with Crippen molar-refractivity contribution in [3.05, 3.63) is 41.2 Å². The van der Waals surface area contributed by atoms with Crippen molar-refractivity contribution in [1.82, 2.24) is 0 Å². The van der Waals surface area contributed by atoms with Crippen LogP contribution in [0, 0.1) is 0 Å². The van der Waals surface area contributed by atoms with E-state index in [1.807, 2.05) is 21.7 Å². The van der Waals surface area contributed by atoms with Gasteiger partial charge in [0.1, 0.15) is 0 Å². The van der Waals surface area contributed by atoms with Crippen LogP contribution >= 0.6 is 11.3 Å². The summed E-state index contributed by atoms with van der Waals surface area (Å²) in [6.07, 6.45) is 3.37. The molecule has 0 fully saturated rings. The monoisotopic (exact) mass is 273 g/mol. The molecular formula is C9H8BrNO2S. The molecule has 0 atom stereocenters.